The summed E-state index contributed by atoms with van der Waals surface area (Å²) >= 11 is 0. The summed E-state index contributed by atoms with van der Waals surface area (Å²) in [6.45, 7) is 7.10. The number of allylic oxidation sites excluding steroid dienone is 2. The SMILES string of the molecule is Cc1ncc2cc(C3=CC[C@H]4[C@@H]5CC[C@H]6C[C@@H](O)CC[C@]6(C)[C@H]5CC[C@]34C)ccc2n1. The molecule has 1 heterocycles. The van der Waals surface area contributed by atoms with Gasteiger partial charge in [-0.1, -0.05) is 26.0 Å². The second kappa shape index (κ2) is 6.88. The van der Waals surface area contributed by atoms with Crippen molar-refractivity contribution in [1.82, 2.24) is 9.97 Å². The van der Waals surface area contributed by atoms with Crippen LogP contribution in [0.15, 0.2) is 30.5 Å². The number of aryl methyl sites for hydroxylation is 1. The molecule has 31 heavy (non-hydrogen) atoms. The van der Waals surface area contributed by atoms with Crippen LogP contribution in [0, 0.1) is 41.4 Å². The lowest BCUT2D eigenvalue weighted by atomic mass is 9.44. The molecule has 0 aliphatic heterocycles. The van der Waals surface area contributed by atoms with Gasteiger partial charge in [0.15, 0.2) is 0 Å². The number of rotatable bonds is 1. The molecule has 2 aromatic rings. The number of benzene rings is 1. The molecule has 1 N–H and O–H groups in total. The second-order valence-electron chi connectivity index (χ2n) is 11.6. The minimum atomic E-state index is -0.0519. The van der Waals surface area contributed by atoms with E-state index in [4.69, 9.17) is 0 Å². The van der Waals surface area contributed by atoms with E-state index in [1.165, 1.54) is 44.1 Å². The molecular weight excluding hydrogens is 380 g/mol. The third kappa shape index (κ3) is 2.88. The lowest BCUT2D eigenvalue weighted by Gasteiger charge is -2.60. The average molecular weight is 417 g/mol. The van der Waals surface area contributed by atoms with Gasteiger partial charge in [-0.15, -0.1) is 0 Å². The van der Waals surface area contributed by atoms with E-state index in [2.05, 4.69) is 48.1 Å². The van der Waals surface area contributed by atoms with Gasteiger partial charge in [-0.2, -0.15) is 0 Å². The topological polar surface area (TPSA) is 46.0 Å². The van der Waals surface area contributed by atoms with Crippen molar-refractivity contribution in [1.29, 1.82) is 0 Å². The van der Waals surface area contributed by atoms with Crippen molar-refractivity contribution in [3.05, 3.63) is 41.9 Å². The highest BCUT2D eigenvalue weighted by atomic mass is 16.3. The van der Waals surface area contributed by atoms with E-state index >= 15 is 0 Å². The van der Waals surface area contributed by atoms with E-state index in [0.717, 1.165) is 53.2 Å². The Kier molecular flexibility index (Phi) is 4.42. The molecule has 0 unspecified atom stereocenters. The number of nitrogens with zero attached hydrogens (tertiary/aromatic N) is 2. The normalized spacial score (nSPS) is 41.9. The van der Waals surface area contributed by atoms with Crippen molar-refractivity contribution in [3.63, 3.8) is 0 Å². The zero-order valence-corrected chi connectivity index (χ0v) is 19.3. The Bertz CT molecular complexity index is 1060. The van der Waals surface area contributed by atoms with Crippen molar-refractivity contribution < 1.29 is 5.11 Å². The van der Waals surface area contributed by atoms with Gasteiger partial charge in [-0.05, 0) is 116 Å². The molecule has 164 valence electrons. The van der Waals surface area contributed by atoms with E-state index in [9.17, 15) is 5.11 Å². The quantitative estimate of drug-likeness (QED) is 0.590. The fourth-order valence-electron chi connectivity index (χ4n) is 8.54. The molecule has 6 rings (SSSR count). The van der Waals surface area contributed by atoms with Crippen LogP contribution in [-0.4, -0.2) is 21.2 Å². The van der Waals surface area contributed by atoms with Crippen molar-refractivity contribution in [3.8, 4) is 0 Å². The number of hydrogen-bond acceptors (Lipinski definition) is 3. The number of aromatic nitrogens is 2. The van der Waals surface area contributed by atoms with Gasteiger partial charge in [0.05, 0.1) is 11.6 Å². The fraction of sp³-hybridized carbons (Fsp3) is 0.643. The first-order valence-electron chi connectivity index (χ1n) is 12.5. The predicted octanol–water partition coefficient (Wildman–Crippen LogP) is 6.34. The number of aliphatic hydroxyl groups is 1. The summed E-state index contributed by atoms with van der Waals surface area (Å²) in [5.41, 5.74) is 4.74. The van der Waals surface area contributed by atoms with Crippen LogP contribution in [0.3, 0.4) is 0 Å². The Morgan fingerprint density at radius 3 is 2.77 bits per heavy atom. The van der Waals surface area contributed by atoms with Crippen LogP contribution in [0.1, 0.15) is 76.6 Å². The minimum absolute atomic E-state index is 0.0519. The van der Waals surface area contributed by atoms with Gasteiger partial charge >= 0.3 is 0 Å². The third-order valence-corrected chi connectivity index (χ3v) is 10.2. The van der Waals surface area contributed by atoms with Gasteiger partial charge in [0.1, 0.15) is 5.82 Å². The lowest BCUT2D eigenvalue weighted by Crippen LogP contribution is -2.53. The first-order valence-corrected chi connectivity index (χ1v) is 12.5. The van der Waals surface area contributed by atoms with E-state index in [1.54, 1.807) is 5.57 Å². The van der Waals surface area contributed by atoms with E-state index in [-0.39, 0.29) is 11.5 Å². The molecule has 3 nitrogen and oxygen atoms in total. The standard InChI is InChI=1S/C28H36N2O/c1-17-29-16-19-14-18(4-9-26(19)30-17)23-7-8-24-22-6-5-20-15-21(31)10-12-27(20,2)25(22)11-13-28(23,24)3/h4,7,9,14,16,20-22,24-25,31H,5-6,8,10-13,15H2,1-3H3/t20-,21-,22-,24-,25-,27-,28+/m0/s1. The summed E-state index contributed by atoms with van der Waals surface area (Å²) < 4.78 is 0. The summed E-state index contributed by atoms with van der Waals surface area (Å²) in [6.07, 6.45) is 14.4. The van der Waals surface area contributed by atoms with Gasteiger partial charge < -0.3 is 5.11 Å². The van der Waals surface area contributed by atoms with E-state index in [1.807, 2.05) is 13.1 Å². The molecule has 3 fully saturated rings. The molecule has 7 atom stereocenters. The molecule has 0 spiro atoms. The molecule has 1 aromatic heterocycles. The van der Waals surface area contributed by atoms with Crippen LogP contribution in [0.25, 0.3) is 16.5 Å². The highest BCUT2D eigenvalue weighted by molar-refractivity contribution is 5.84. The molecule has 0 radical (unpaired) electrons. The Morgan fingerprint density at radius 1 is 1.03 bits per heavy atom. The summed E-state index contributed by atoms with van der Waals surface area (Å²) in [5, 5.41) is 11.4. The van der Waals surface area contributed by atoms with Crippen LogP contribution in [-0.2, 0) is 0 Å². The maximum Gasteiger partial charge on any atom is 0.125 e. The molecule has 0 saturated heterocycles. The van der Waals surface area contributed by atoms with Crippen LogP contribution in [0.5, 0.6) is 0 Å². The summed E-state index contributed by atoms with van der Waals surface area (Å²) in [5.74, 6) is 4.04. The number of fused-ring (bicyclic) bond motifs is 6. The van der Waals surface area contributed by atoms with E-state index in [0.29, 0.717) is 5.41 Å². The first kappa shape index (κ1) is 19.9. The monoisotopic (exact) mass is 416 g/mol. The van der Waals surface area contributed by atoms with Crippen molar-refractivity contribution in [2.45, 2.75) is 78.2 Å². The molecule has 4 aliphatic carbocycles. The zero-order valence-electron chi connectivity index (χ0n) is 19.3. The maximum absolute atomic E-state index is 10.3. The third-order valence-electron chi connectivity index (χ3n) is 10.2. The van der Waals surface area contributed by atoms with Gasteiger partial charge in [0.25, 0.3) is 0 Å². The second-order valence-corrected chi connectivity index (χ2v) is 11.6. The van der Waals surface area contributed by atoms with E-state index < -0.39 is 0 Å². The molecular formula is C28H36N2O. The minimum Gasteiger partial charge on any atom is -0.393 e. The molecule has 0 amide bonds. The average Bonchev–Trinajstić information content (AvgIpc) is 3.11. The van der Waals surface area contributed by atoms with Crippen LogP contribution in [0.2, 0.25) is 0 Å². The van der Waals surface area contributed by atoms with Crippen LogP contribution >= 0.6 is 0 Å². The lowest BCUT2D eigenvalue weighted by molar-refractivity contribution is -0.115. The fourth-order valence-corrected chi connectivity index (χ4v) is 8.54. The van der Waals surface area contributed by atoms with Crippen molar-refractivity contribution >= 4 is 16.5 Å². The van der Waals surface area contributed by atoms with Crippen molar-refractivity contribution in [2.24, 2.45) is 34.5 Å². The molecule has 1 aromatic carbocycles. The number of hydrogen-bond donors (Lipinski definition) is 1. The van der Waals surface area contributed by atoms with Gasteiger partial charge in [-0.25, -0.2) is 9.97 Å². The highest BCUT2D eigenvalue weighted by Gasteiger charge is 2.58. The van der Waals surface area contributed by atoms with Crippen LogP contribution < -0.4 is 0 Å². The Hall–Kier alpha value is -1.74. The highest BCUT2D eigenvalue weighted by Crippen LogP contribution is 2.67. The molecule has 3 saturated carbocycles. The Labute approximate surface area is 186 Å². The van der Waals surface area contributed by atoms with Crippen LogP contribution in [0.4, 0.5) is 0 Å². The Balaban J connectivity index is 1.31. The summed E-state index contributed by atoms with van der Waals surface area (Å²) in [6, 6.07) is 6.80. The van der Waals surface area contributed by atoms with Gasteiger partial charge in [0.2, 0.25) is 0 Å². The van der Waals surface area contributed by atoms with Gasteiger partial charge in [0, 0.05) is 11.6 Å². The Morgan fingerprint density at radius 2 is 1.90 bits per heavy atom. The van der Waals surface area contributed by atoms with Gasteiger partial charge in [-0.3, -0.25) is 0 Å². The van der Waals surface area contributed by atoms with Crippen molar-refractivity contribution in [2.75, 3.05) is 0 Å². The largest absolute Gasteiger partial charge is 0.393 e. The first-order chi connectivity index (χ1) is 14.9. The predicted molar refractivity (Wildman–Crippen MR) is 125 cm³/mol. The zero-order chi connectivity index (χ0) is 21.4. The summed E-state index contributed by atoms with van der Waals surface area (Å²) in [7, 11) is 0. The summed E-state index contributed by atoms with van der Waals surface area (Å²) in [4.78, 5) is 9.03. The molecule has 0 bridgehead atoms. The maximum atomic E-state index is 10.3. The smallest absolute Gasteiger partial charge is 0.125 e. The number of aliphatic hydroxyl groups excluding tert-OH is 1. The molecule has 4 aliphatic rings. The molecule has 3 heteroatoms.